The van der Waals surface area contributed by atoms with Crippen LogP contribution in [0.1, 0.15) is 78.0 Å². The molecule has 0 spiro atoms. The predicted molar refractivity (Wildman–Crippen MR) is 137 cm³/mol. The highest BCUT2D eigenvalue weighted by molar-refractivity contribution is 6.04. The molecule has 1 aliphatic rings. The molecule has 4 rings (SSSR count). The van der Waals surface area contributed by atoms with Crippen molar-refractivity contribution in [3.63, 3.8) is 0 Å². The molecule has 36 heavy (non-hydrogen) atoms. The summed E-state index contributed by atoms with van der Waals surface area (Å²) in [7, 11) is 0.797. The van der Waals surface area contributed by atoms with Crippen molar-refractivity contribution in [2.45, 2.75) is 53.1 Å². The first-order chi connectivity index (χ1) is 23.2. The molecular formula is C30H33F2NO3. The van der Waals surface area contributed by atoms with Gasteiger partial charge in [-0.25, -0.2) is 8.78 Å². The number of phenols is 1. The van der Waals surface area contributed by atoms with Crippen molar-refractivity contribution in [1.29, 1.82) is 1.43 Å². The number of ether oxygens (including phenoxy) is 1. The maximum atomic E-state index is 14.8. The Balaban J connectivity index is 2.21. The van der Waals surface area contributed by atoms with Gasteiger partial charge in [0.15, 0.2) is 0 Å². The van der Waals surface area contributed by atoms with E-state index in [1.165, 1.54) is 13.8 Å². The molecule has 1 amide bonds. The topological polar surface area (TPSA) is 49.8 Å². The number of carbonyl (C=O) groups excluding carboxylic acids is 1. The number of nitrogens with zero attached hydrogens (tertiary/aromatic N) is 1. The number of amides is 1. The van der Waals surface area contributed by atoms with Crippen molar-refractivity contribution < 1.29 is 42.6 Å². The van der Waals surface area contributed by atoms with E-state index in [4.69, 9.17) is 17.1 Å². The Morgan fingerprint density at radius 3 is 2.58 bits per heavy atom. The number of phenolic OH excluding ortho intramolecular Hbond substituents is 1. The van der Waals surface area contributed by atoms with Crippen LogP contribution in [0.2, 0.25) is 0 Å². The first-order valence-electron chi connectivity index (χ1n) is 18.2. The van der Waals surface area contributed by atoms with Crippen LogP contribution in [0, 0.1) is 51.1 Å². The number of hydrogen-bond acceptors (Lipinski definition) is 3. The van der Waals surface area contributed by atoms with Crippen LogP contribution < -0.4 is 4.90 Å². The molecule has 0 unspecified atom stereocenters. The second-order valence-corrected chi connectivity index (χ2v) is 8.20. The van der Waals surface area contributed by atoms with Gasteiger partial charge in [-0.2, -0.15) is 0 Å². The van der Waals surface area contributed by atoms with Gasteiger partial charge in [-0.3, -0.25) is 4.79 Å². The third-order valence-electron chi connectivity index (χ3n) is 5.93. The van der Waals surface area contributed by atoms with Crippen LogP contribution in [-0.2, 0) is 9.53 Å². The van der Waals surface area contributed by atoms with Gasteiger partial charge in [0, 0.05) is 18.3 Å². The molecule has 1 fully saturated rings. The molecule has 0 aliphatic carbocycles. The van der Waals surface area contributed by atoms with E-state index in [2.05, 4.69) is 5.11 Å². The maximum Gasteiger partial charge on any atom is 0.293 e. The van der Waals surface area contributed by atoms with Gasteiger partial charge < -0.3 is 14.7 Å². The van der Waals surface area contributed by atoms with Crippen molar-refractivity contribution in [1.82, 2.24) is 0 Å². The lowest BCUT2D eigenvalue weighted by Gasteiger charge is -2.51. The second kappa shape index (κ2) is 10.0. The molecule has 1 saturated heterocycles. The van der Waals surface area contributed by atoms with Crippen molar-refractivity contribution in [3.05, 3.63) is 93.4 Å². The number of hydrogen-bond donors (Lipinski definition) is 1. The SMILES string of the molecule is [2H]Oc1c([2H])c([2H])c([C@@]2([2H])N(c3c([2H])c([2H])c(F)c([2H])c3C)C(=O)[C@]2([2H])[C@@]([2H])(C)C([2H])([2H])[C@]([2H])(OC)c2c([2H])c([2H])c(F)c(C)c2C)c(C)c1[2H]. The van der Waals surface area contributed by atoms with E-state index in [1.807, 2.05) is 0 Å². The number of carbonyl (C=O) groups is 1. The molecule has 3 aromatic carbocycles. The summed E-state index contributed by atoms with van der Waals surface area (Å²) in [6.45, 7) is 5.18. The first-order valence-corrected chi connectivity index (χ1v) is 10.8. The van der Waals surface area contributed by atoms with E-state index in [1.54, 1.807) is 0 Å². The van der Waals surface area contributed by atoms with Gasteiger partial charge >= 0.3 is 0 Å². The van der Waals surface area contributed by atoms with Gasteiger partial charge in [0.25, 0.3) is 1.43 Å². The van der Waals surface area contributed by atoms with Crippen LogP contribution in [0.25, 0.3) is 0 Å². The maximum absolute atomic E-state index is 14.8. The standard InChI is InChI=1S/C30H33F2NO3/c1-16-14-22(34)8-9-23(16)29-28(30(35)33(29)26-12-7-21(31)13-17(26)2)18(3)15-27(36-6)24-10-11-25(32)20(5)19(24)4/h7-14,18,27-29,34H,15H2,1-6H3/t18-,27-,28+,29+/m0/s1/i7D,8D,9D,10D,11D,12D,13D,14D,15D2,18D,27D,28D,29D/hD. The van der Waals surface area contributed by atoms with Gasteiger partial charge in [0.2, 0.25) is 5.91 Å². The summed E-state index contributed by atoms with van der Waals surface area (Å²) in [5.41, 5.74) is -3.88. The highest BCUT2D eigenvalue weighted by atomic mass is 19.1. The van der Waals surface area contributed by atoms with E-state index in [0.717, 1.165) is 21.0 Å². The average molecular weight is 509 g/mol. The largest absolute Gasteiger partial charge is 0.508 e. The number of halogens is 2. The number of benzene rings is 3. The van der Waals surface area contributed by atoms with Gasteiger partial charge in [-0.05, 0) is 110 Å². The molecule has 1 aliphatic heterocycles. The molecule has 0 aromatic heterocycles. The lowest BCUT2D eigenvalue weighted by Crippen LogP contribution is -2.58. The lowest BCUT2D eigenvalue weighted by molar-refractivity contribution is -0.133. The number of β-lactam (4-membered cyclic amide) rings is 1. The van der Waals surface area contributed by atoms with Gasteiger partial charge in [0.05, 0.1) is 31.7 Å². The molecule has 1 heterocycles. The highest BCUT2D eigenvalue weighted by Crippen LogP contribution is 2.50. The first kappa shape index (κ1) is 12.8. The lowest BCUT2D eigenvalue weighted by atomic mass is 9.71. The average Bonchev–Trinajstić information content (AvgIpc) is 3.08. The van der Waals surface area contributed by atoms with E-state index >= 15 is 0 Å². The number of methoxy groups -OCH3 is 1. The van der Waals surface area contributed by atoms with E-state index in [0.29, 0.717) is 6.92 Å². The van der Waals surface area contributed by atoms with Crippen LogP contribution in [0.3, 0.4) is 0 Å². The van der Waals surface area contributed by atoms with Crippen LogP contribution in [0.5, 0.6) is 5.75 Å². The Labute approximate surface area is 232 Å². The van der Waals surface area contributed by atoms with Gasteiger partial charge in [-0.1, -0.05) is 19.0 Å². The van der Waals surface area contributed by atoms with E-state index in [9.17, 15) is 21.8 Å². The quantitative estimate of drug-likeness (QED) is 0.333. The summed E-state index contributed by atoms with van der Waals surface area (Å²) in [5.74, 6) is -12.1. The zero-order chi connectivity index (χ0) is 39.5. The third kappa shape index (κ3) is 4.50. The molecular weight excluding hydrogens is 460 g/mol. The Morgan fingerprint density at radius 1 is 1.14 bits per heavy atom. The molecule has 6 heteroatoms. The van der Waals surface area contributed by atoms with Crippen LogP contribution in [-0.4, -0.2) is 19.6 Å². The Bertz CT molecular complexity index is 1940. The van der Waals surface area contributed by atoms with Crippen molar-refractivity contribution in [3.8, 4) is 5.75 Å². The van der Waals surface area contributed by atoms with Crippen molar-refractivity contribution in [2.24, 2.45) is 11.8 Å². The molecule has 4 nitrogen and oxygen atoms in total. The van der Waals surface area contributed by atoms with Gasteiger partial charge in [-0.15, -0.1) is 0 Å². The number of anilines is 1. The number of rotatable bonds is 8. The zero-order valence-corrected chi connectivity index (χ0v) is 20.4. The minimum atomic E-state index is -3.71. The smallest absolute Gasteiger partial charge is 0.293 e. The summed E-state index contributed by atoms with van der Waals surface area (Å²) < 4.78 is 166. The second-order valence-electron chi connectivity index (χ2n) is 8.20. The third-order valence-corrected chi connectivity index (χ3v) is 5.93. The summed E-state index contributed by atoms with van der Waals surface area (Å²) in [4.78, 5) is 14.8. The fraction of sp³-hybridized carbons (Fsp3) is 0.367. The predicted octanol–water partition coefficient (Wildman–Crippen LogP) is 7.02. The fourth-order valence-electron chi connectivity index (χ4n) is 3.89. The van der Waals surface area contributed by atoms with Crippen LogP contribution in [0.15, 0.2) is 48.3 Å². The Hall–Kier alpha value is -3.25. The van der Waals surface area contributed by atoms with Crippen LogP contribution in [0.4, 0.5) is 14.5 Å². The molecule has 1 N–H and O–H groups in total. The van der Waals surface area contributed by atoms with Crippen LogP contribution >= 0.6 is 0 Å². The molecule has 4 atom stereocenters. The molecule has 0 saturated carbocycles. The summed E-state index contributed by atoms with van der Waals surface area (Å²) in [6.07, 6.45) is -7.01. The summed E-state index contributed by atoms with van der Waals surface area (Å²) in [5, 5.41) is 4.35. The molecule has 3 aromatic rings. The molecule has 0 bridgehead atoms. The normalized spacial score (nSPS) is 31.3. The van der Waals surface area contributed by atoms with Crippen molar-refractivity contribution in [2.75, 3.05) is 12.0 Å². The molecule has 190 valence electrons. The molecule has 0 radical (unpaired) electrons. The Kier molecular flexibility index (Phi) is 3.57. The summed E-state index contributed by atoms with van der Waals surface area (Å²) >= 11 is 0. The highest BCUT2D eigenvalue weighted by Gasteiger charge is 2.52. The van der Waals surface area contributed by atoms with Crippen molar-refractivity contribution >= 4 is 11.6 Å². The zero-order valence-electron chi connectivity index (χ0n) is 35.4. The monoisotopic (exact) mass is 508 g/mol. The van der Waals surface area contributed by atoms with E-state index < -0.39 is 130 Å². The van der Waals surface area contributed by atoms with E-state index in [-0.39, 0.29) is 16.0 Å². The fourth-order valence-corrected chi connectivity index (χ4v) is 3.89. The Morgan fingerprint density at radius 2 is 1.89 bits per heavy atom. The minimum Gasteiger partial charge on any atom is -0.508 e. The number of aromatic hydroxyl groups is 1. The summed E-state index contributed by atoms with van der Waals surface area (Å²) in [6, 6.07) is -11.5. The minimum absolute atomic E-state index is 0.234. The van der Waals surface area contributed by atoms with Gasteiger partial charge in [0.1, 0.15) is 17.4 Å².